The maximum absolute atomic E-state index is 11.6. The number of hydrogen-bond acceptors (Lipinski definition) is 2. The Morgan fingerprint density at radius 2 is 2.23 bits per heavy atom. The van der Waals surface area contributed by atoms with E-state index in [1.807, 2.05) is 6.92 Å². The van der Waals surface area contributed by atoms with Gasteiger partial charge in [0.15, 0.2) is 0 Å². The molecule has 0 heterocycles. The first-order valence-corrected chi connectivity index (χ1v) is 5.18. The molecule has 0 aliphatic heterocycles. The van der Waals surface area contributed by atoms with E-state index < -0.39 is 0 Å². The van der Waals surface area contributed by atoms with Crippen molar-refractivity contribution in [3.63, 3.8) is 0 Å². The van der Waals surface area contributed by atoms with Crippen molar-refractivity contribution in [2.75, 3.05) is 6.54 Å². The molecule has 1 amide bonds. The van der Waals surface area contributed by atoms with Crippen LogP contribution in [-0.2, 0) is 4.79 Å². The summed E-state index contributed by atoms with van der Waals surface area (Å²) in [4.78, 5) is 11.6. The standard InChI is InChI=1S/C10H20N2O/c1-3-12-10(13)8-6-7(2)4-5-9(8)11/h7-9H,3-6,11H2,1-2H3,(H,12,13). The van der Waals surface area contributed by atoms with Gasteiger partial charge >= 0.3 is 0 Å². The molecule has 76 valence electrons. The Kier molecular flexibility index (Phi) is 3.72. The van der Waals surface area contributed by atoms with Crippen LogP contribution in [0, 0.1) is 11.8 Å². The highest BCUT2D eigenvalue weighted by molar-refractivity contribution is 5.79. The monoisotopic (exact) mass is 184 g/mol. The average molecular weight is 184 g/mol. The van der Waals surface area contributed by atoms with E-state index in [4.69, 9.17) is 5.73 Å². The van der Waals surface area contributed by atoms with Crippen LogP contribution in [0.2, 0.25) is 0 Å². The van der Waals surface area contributed by atoms with E-state index in [1.54, 1.807) is 0 Å². The van der Waals surface area contributed by atoms with E-state index in [0.717, 1.165) is 19.3 Å². The normalized spacial score (nSPS) is 34.2. The zero-order chi connectivity index (χ0) is 9.84. The van der Waals surface area contributed by atoms with Gasteiger partial charge < -0.3 is 11.1 Å². The second kappa shape index (κ2) is 4.61. The molecule has 1 fully saturated rings. The van der Waals surface area contributed by atoms with Crippen LogP contribution in [0.4, 0.5) is 0 Å². The van der Waals surface area contributed by atoms with Crippen LogP contribution < -0.4 is 11.1 Å². The Morgan fingerprint density at radius 3 is 2.85 bits per heavy atom. The molecule has 1 saturated carbocycles. The molecule has 0 aromatic heterocycles. The summed E-state index contributed by atoms with van der Waals surface area (Å²) in [5.74, 6) is 0.831. The summed E-state index contributed by atoms with van der Waals surface area (Å²) in [7, 11) is 0. The quantitative estimate of drug-likeness (QED) is 0.669. The first kappa shape index (κ1) is 10.5. The van der Waals surface area contributed by atoms with Crippen molar-refractivity contribution >= 4 is 5.91 Å². The Labute approximate surface area is 80.1 Å². The van der Waals surface area contributed by atoms with Crippen LogP contribution in [-0.4, -0.2) is 18.5 Å². The number of nitrogens with one attached hydrogen (secondary N) is 1. The largest absolute Gasteiger partial charge is 0.356 e. The van der Waals surface area contributed by atoms with E-state index in [9.17, 15) is 4.79 Å². The molecule has 0 spiro atoms. The maximum atomic E-state index is 11.6. The molecule has 3 atom stereocenters. The van der Waals surface area contributed by atoms with Gasteiger partial charge in [-0.1, -0.05) is 6.92 Å². The zero-order valence-electron chi connectivity index (χ0n) is 8.55. The lowest BCUT2D eigenvalue weighted by molar-refractivity contribution is -0.126. The molecule has 3 heteroatoms. The molecule has 0 radical (unpaired) electrons. The van der Waals surface area contributed by atoms with Crippen molar-refractivity contribution in [2.45, 2.75) is 39.2 Å². The first-order valence-electron chi connectivity index (χ1n) is 5.18. The van der Waals surface area contributed by atoms with Crippen LogP contribution >= 0.6 is 0 Å². The Bertz CT molecular complexity index is 182. The predicted molar refractivity (Wildman–Crippen MR) is 53.2 cm³/mol. The third-order valence-corrected chi connectivity index (χ3v) is 2.85. The van der Waals surface area contributed by atoms with Crippen molar-refractivity contribution in [3.05, 3.63) is 0 Å². The van der Waals surface area contributed by atoms with Gasteiger partial charge in [0.1, 0.15) is 0 Å². The summed E-state index contributed by atoms with van der Waals surface area (Å²) < 4.78 is 0. The first-order chi connectivity index (χ1) is 6.15. The van der Waals surface area contributed by atoms with Crippen molar-refractivity contribution < 1.29 is 4.79 Å². The van der Waals surface area contributed by atoms with Crippen LogP contribution in [0.5, 0.6) is 0 Å². The lowest BCUT2D eigenvalue weighted by atomic mass is 9.79. The number of carbonyl (C=O) groups is 1. The summed E-state index contributed by atoms with van der Waals surface area (Å²) >= 11 is 0. The lowest BCUT2D eigenvalue weighted by Crippen LogP contribution is -2.45. The highest BCUT2D eigenvalue weighted by Gasteiger charge is 2.30. The van der Waals surface area contributed by atoms with E-state index >= 15 is 0 Å². The molecule has 1 rings (SSSR count). The third kappa shape index (κ3) is 2.69. The van der Waals surface area contributed by atoms with Gasteiger partial charge in [-0.15, -0.1) is 0 Å². The highest BCUT2D eigenvalue weighted by atomic mass is 16.1. The summed E-state index contributed by atoms with van der Waals surface area (Å²) in [5.41, 5.74) is 5.91. The van der Waals surface area contributed by atoms with E-state index in [2.05, 4.69) is 12.2 Å². The summed E-state index contributed by atoms with van der Waals surface area (Å²) in [5, 5.41) is 2.85. The Balaban J connectivity index is 2.50. The third-order valence-electron chi connectivity index (χ3n) is 2.85. The topological polar surface area (TPSA) is 55.1 Å². The van der Waals surface area contributed by atoms with Crippen LogP contribution in [0.15, 0.2) is 0 Å². The van der Waals surface area contributed by atoms with Gasteiger partial charge in [-0.2, -0.15) is 0 Å². The van der Waals surface area contributed by atoms with Crippen molar-refractivity contribution in [1.82, 2.24) is 5.32 Å². The van der Waals surface area contributed by atoms with Crippen molar-refractivity contribution in [1.29, 1.82) is 0 Å². The molecule has 13 heavy (non-hydrogen) atoms. The van der Waals surface area contributed by atoms with Gasteiger partial charge in [-0.05, 0) is 32.1 Å². The molecule has 0 saturated heterocycles. The highest BCUT2D eigenvalue weighted by Crippen LogP contribution is 2.27. The number of carbonyl (C=O) groups excluding carboxylic acids is 1. The second-order valence-corrected chi connectivity index (χ2v) is 4.08. The molecular weight excluding hydrogens is 164 g/mol. The predicted octanol–water partition coefficient (Wildman–Crippen LogP) is 0.886. The van der Waals surface area contributed by atoms with Gasteiger partial charge in [-0.3, -0.25) is 4.79 Å². The second-order valence-electron chi connectivity index (χ2n) is 4.08. The molecule has 3 nitrogen and oxygen atoms in total. The minimum atomic E-state index is 0.0451. The van der Waals surface area contributed by atoms with Crippen molar-refractivity contribution in [3.8, 4) is 0 Å². The molecule has 1 aliphatic carbocycles. The lowest BCUT2D eigenvalue weighted by Gasteiger charge is -2.31. The van der Waals surface area contributed by atoms with E-state index in [0.29, 0.717) is 12.5 Å². The van der Waals surface area contributed by atoms with Gasteiger partial charge in [0.25, 0.3) is 0 Å². The average Bonchev–Trinajstić information content (AvgIpc) is 2.09. The van der Waals surface area contributed by atoms with Crippen molar-refractivity contribution in [2.24, 2.45) is 17.6 Å². The minimum Gasteiger partial charge on any atom is -0.356 e. The summed E-state index contributed by atoms with van der Waals surface area (Å²) in [6.07, 6.45) is 3.10. The van der Waals surface area contributed by atoms with Gasteiger partial charge in [0.05, 0.1) is 5.92 Å². The fourth-order valence-electron chi connectivity index (χ4n) is 2.01. The Morgan fingerprint density at radius 1 is 1.54 bits per heavy atom. The fourth-order valence-corrected chi connectivity index (χ4v) is 2.01. The summed E-state index contributed by atoms with van der Waals surface area (Å²) in [6, 6.07) is 0.0720. The molecule has 3 N–H and O–H groups in total. The number of amides is 1. The van der Waals surface area contributed by atoms with Gasteiger partial charge in [0, 0.05) is 12.6 Å². The maximum Gasteiger partial charge on any atom is 0.224 e. The van der Waals surface area contributed by atoms with E-state index in [1.165, 1.54) is 0 Å². The van der Waals surface area contributed by atoms with Crippen LogP contribution in [0.3, 0.4) is 0 Å². The number of rotatable bonds is 2. The zero-order valence-corrected chi connectivity index (χ0v) is 8.55. The smallest absolute Gasteiger partial charge is 0.224 e. The molecule has 1 aliphatic rings. The molecule has 0 aromatic rings. The SMILES string of the molecule is CCNC(=O)C1CC(C)CCC1N. The van der Waals surface area contributed by atoms with Gasteiger partial charge in [0.2, 0.25) is 5.91 Å². The number of hydrogen-bond donors (Lipinski definition) is 2. The molecule has 0 bridgehead atoms. The van der Waals surface area contributed by atoms with Crippen LogP contribution in [0.25, 0.3) is 0 Å². The molecular formula is C10H20N2O. The molecule has 3 unspecified atom stereocenters. The minimum absolute atomic E-state index is 0.0451. The van der Waals surface area contributed by atoms with Gasteiger partial charge in [-0.25, -0.2) is 0 Å². The van der Waals surface area contributed by atoms with Crippen LogP contribution in [0.1, 0.15) is 33.1 Å². The fraction of sp³-hybridized carbons (Fsp3) is 0.900. The Hall–Kier alpha value is -0.570. The molecule has 0 aromatic carbocycles. The summed E-state index contributed by atoms with van der Waals surface area (Å²) in [6.45, 7) is 4.84. The van der Waals surface area contributed by atoms with E-state index in [-0.39, 0.29) is 17.9 Å². The number of nitrogens with two attached hydrogens (primary N) is 1.